The Balaban J connectivity index is 3.29. The van der Waals surface area contributed by atoms with Crippen LogP contribution in [-0.4, -0.2) is 34.7 Å². The lowest BCUT2D eigenvalue weighted by molar-refractivity contribution is -0.158. The predicted octanol–water partition coefficient (Wildman–Crippen LogP) is 2.58. The Morgan fingerprint density at radius 2 is 1.94 bits per heavy atom. The van der Waals surface area contributed by atoms with Crippen LogP contribution in [0.3, 0.4) is 0 Å². The van der Waals surface area contributed by atoms with Crippen LogP contribution < -0.4 is 0 Å². The van der Waals surface area contributed by atoms with Crippen LogP contribution in [0.4, 0.5) is 0 Å². The Morgan fingerprint density at radius 3 is 2.50 bits per heavy atom. The summed E-state index contributed by atoms with van der Waals surface area (Å²) in [6.45, 7) is 5.44. The first-order valence-corrected chi connectivity index (χ1v) is 7.05. The minimum atomic E-state index is -0.175. The summed E-state index contributed by atoms with van der Waals surface area (Å²) in [4.78, 5) is 11.1. The molecule has 0 bridgehead atoms. The van der Waals surface area contributed by atoms with Crippen LogP contribution in [0.2, 0.25) is 0 Å². The van der Waals surface area contributed by atoms with E-state index in [1.54, 1.807) is 6.92 Å². The molecule has 1 radical (unpaired) electrons. The number of hydroxylamine groups is 2. The third kappa shape index (κ3) is 9.35. The van der Waals surface area contributed by atoms with Crippen molar-refractivity contribution in [2.24, 2.45) is 0 Å². The first-order chi connectivity index (χ1) is 7.57. The monoisotopic (exact) mass is 342 g/mol. The maximum atomic E-state index is 11.2. The molecular weight excluding hydrogens is 321 g/mol. The second-order valence-electron chi connectivity index (χ2n) is 3.77. The van der Waals surface area contributed by atoms with E-state index in [9.17, 15) is 10.0 Å². The second-order valence-corrected chi connectivity index (χ2v) is 5.64. The molecule has 0 N–H and O–H groups in total. The number of rotatable bonds is 9. The molecule has 5 heteroatoms. The molecule has 1 atom stereocenters. The van der Waals surface area contributed by atoms with Crippen LogP contribution in [0.25, 0.3) is 0 Å². The van der Waals surface area contributed by atoms with Crippen LogP contribution in [0.1, 0.15) is 39.5 Å². The van der Waals surface area contributed by atoms with Gasteiger partial charge in [0.05, 0.1) is 6.61 Å². The van der Waals surface area contributed by atoms with Crippen molar-refractivity contribution in [1.82, 2.24) is 5.06 Å². The van der Waals surface area contributed by atoms with Crippen molar-refractivity contribution in [1.29, 1.82) is 0 Å². The van der Waals surface area contributed by atoms with E-state index in [1.165, 1.54) is 0 Å². The molecule has 0 aliphatic heterocycles. The summed E-state index contributed by atoms with van der Waals surface area (Å²) in [5.74, 6) is -0.175. The number of halogens is 1. The van der Waals surface area contributed by atoms with Gasteiger partial charge in [-0.3, -0.25) is 4.79 Å². The van der Waals surface area contributed by atoms with Crippen molar-refractivity contribution < 1.29 is 14.7 Å². The molecule has 0 aromatic heterocycles. The number of carbonyl (C=O) groups excluding carboxylic acids is 1. The Labute approximate surface area is 111 Å². The Hall–Kier alpha value is 0.120. The zero-order valence-corrected chi connectivity index (χ0v) is 12.2. The molecule has 0 spiro atoms. The number of alkyl halides is 1. The van der Waals surface area contributed by atoms with Crippen molar-refractivity contribution in [3.8, 4) is 0 Å². The number of esters is 1. The lowest BCUT2D eigenvalue weighted by Gasteiger charge is -2.11. The summed E-state index contributed by atoms with van der Waals surface area (Å²) in [7, 11) is 0. The highest BCUT2D eigenvalue weighted by Crippen LogP contribution is 2.02. The van der Waals surface area contributed by atoms with E-state index in [1.807, 2.05) is 22.6 Å². The van der Waals surface area contributed by atoms with E-state index in [-0.39, 0.29) is 9.89 Å². The number of nitrogens with zero attached hydrogens (tertiary/aromatic N) is 1. The number of ether oxygens (including phenoxy) is 1. The molecule has 95 valence electrons. The average Bonchev–Trinajstić information content (AvgIpc) is 2.25. The highest BCUT2D eigenvalue weighted by Gasteiger charge is 2.09. The second kappa shape index (κ2) is 10.3. The molecule has 1 unspecified atom stereocenters. The fourth-order valence-corrected chi connectivity index (χ4v) is 1.30. The van der Waals surface area contributed by atoms with Crippen molar-refractivity contribution in [3.05, 3.63) is 0 Å². The molecule has 0 heterocycles. The van der Waals surface area contributed by atoms with Gasteiger partial charge >= 0.3 is 5.97 Å². The van der Waals surface area contributed by atoms with Gasteiger partial charge in [0.2, 0.25) is 0 Å². The SMILES string of the molecule is CCCCN([O])CCCCOC(=O)C(C)I. The number of hydrogen-bond donors (Lipinski definition) is 0. The van der Waals surface area contributed by atoms with Crippen LogP contribution in [-0.2, 0) is 14.7 Å². The summed E-state index contributed by atoms with van der Waals surface area (Å²) >= 11 is 2.02. The standard InChI is InChI=1S/C11H21INO3/c1-3-4-7-13(15)8-5-6-9-16-11(14)10(2)12/h10H,3-9H2,1-2H3. The fourth-order valence-electron chi connectivity index (χ4n) is 1.12. The number of carbonyl (C=O) groups is 1. The van der Waals surface area contributed by atoms with Crippen LogP contribution in [0.15, 0.2) is 0 Å². The summed E-state index contributed by atoms with van der Waals surface area (Å²) in [6.07, 6.45) is 3.55. The normalized spacial score (nSPS) is 12.8. The van der Waals surface area contributed by atoms with Gasteiger partial charge in [0.1, 0.15) is 3.92 Å². The number of unbranched alkanes of at least 4 members (excludes halogenated alkanes) is 2. The molecule has 4 nitrogen and oxygen atoms in total. The van der Waals surface area contributed by atoms with Crippen molar-refractivity contribution in [2.75, 3.05) is 19.7 Å². The molecule has 0 saturated heterocycles. The van der Waals surface area contributed by atoms with E-state index in [0.717, 1.165) is 30.7 Å². The highest BCUT2D eigenvalue weighted by atomic mass is 127. The van der Waals surface area contributed by atoms with Crippen molar-refractivity contribution in [3.63, 3.8) is 0 Å². The largest absolute Gasteiger partial charge is 0.465 e. The molecule has 0 aliphatic carbocycles. The van der Waals surface area contributed by atoms with Gasteiger partial charge in [-0.25, -0.2) is 0 Å². The van der Waals surface area contributed by atoms with E-state index >= 15 is 0 Å². The van der Waals surface area contributed by atoms with Crippen LogP contribution >= 0.6 is 22.6 Å². The third-order valence-corrected chi connectivity index (χ3v) is 2.64. The topological polar surface area (TPSA) is 49.4 Å². The maximum Gasteiger partial charge on any atom is 0.318 e. The third-order valence-electron chi connectivity index (χ3n) is 2.13. The Bertz CT molecular complexity index is 188. The zero-order valence-electron chi connectivity index (χ0n) is 10.1. The quantitative estimate of drug-likeness (QED) is 0.213. The first kappa shape index (κ1) is 16.1. The van der Waals surface area contributed by atoms with Crippen molar-refractivity contribution >= 4 is 28.6 Å². The Morgan fingerprint density at radius 1 is 1.31 bits per heavy atom. The summed E-state index contributed by atoms with van der Waals surface area (Å²) in [5, 5.41) is 12.3. The van der Waals surface area contributed by atoms with Gasteiger partial charge in [0, 0.05) is 13.1 Å². The minimum Gasteiger partial charge on any atom is -0.465 e. The van der Waals surface area contributed by atoms with Gasteiger partial charge in [-0.1, -0.05) is 35.9 Å². The minimum absolute atomic E-state index is 0.0989. The fraction of sp³-hybridized carbons (Fsp3) is 0.909. The molecule has 0 fully saturated rings. The average molecular weight is 342 g/mol. The summed E-state index contributed by atoms with van der Waals surface area (Å²) in [5.41, 5.74) is 0. The van der Waals surface area contributed by atoms with E-state index < -0.39 is 0 Å². The summed E-state index contributed by atoms with van der Waals surface area (Å²) < 4.78 is 4.90. The molecule has 0 aromatic rings. The highest BCUT2D eigenvalue weighted by molar-refractivity contribution is 14.1. The lowest BCUT2D eigenvalue weighted by Crippen LogP contribution is -2.21. The zero-order chi connectivity index (χ0) is 12.4. The van der Waals surface area contributed by atoms with Gasteiger partial charge in [-0.2, -0.15) is 5.06 Å². The van der Waals surface area contributed by atoms with Crippen molar-refractivity contribution in [2.45, 2.75) is 43.5 Å². The van der Waals surface area contributed by atoms with Crippen LogP contribution in [0, 0.1) is 0 Å². The van der Waals surface area contributed by atoms with E-state index in [0.29, 0.717) is 19.7 Å². The van der Waals surface area contributed by atoms with Gasteiger partial charge in [0.15, 0.2) is 0 Å². The van der Waals surface area contributed by atoms with E-state index in [4.69, 9.17) is 4.74 Å². The maximum absolute atomic E-state index is 11.2. The molecule has 16 heavy (non-hydrogen) atoms. The molecule has 0 amide bonds. The molecule has 0 rings (SSSR count). The predicted molar refractivity (Wildman–Crippen MR) is 70.8 cm³/mol. The summed E-state index contributed by atoms with van der Waals surface area (Å²) in [6, 6.07) is 0. The molecular formula is C11H21INO3. The molecule has 0 saturated carbocycles. The lowest BCUT2D eigenvalue weighted by atomic mass is 10.3. The number of hydrogen-bond acceptors (Lipinski definition) is 3. The smallest absolute Gasteiger partial charge is 0.318 e. The Kier molecular flexibility index (Phi) is 10.4. The van der Waals surface area contributed by atoms with E-state index in [2.05, 4.69) is 6.92 Å². The van der Waals surface area contributed by atoms with Gasteiger partial charge in [-0.05, 0) is 26.2 Å². The van der Waals surface area contributed by atoms with Gasteiger partial charge in [-0.15, -0.1) is 5.21 Å². The van der Waals surface area contributed by atoms with Crippen LogP contribution in [0.5, 0.6) is 0 Å². The molecule has 0 aliphatic rings. The molecule has 0 aromatic carbocycles. The van der Waals surface area contributed by atoms with Gasteiger partial charge in [0.25, 0.3) is 0 Å². The first-order valence-electron chi connectivity index (χ1n) is 5.80. The van der Waals surface area contributed by atoms with Gasteiger partial charge < -0.3 is 4.74 Å².